The standard InChI is InChI=1S/C26H31N3O4S/c1-18-12-14-29(15-13-18)34(32,33)21-10-11-24-22(16-21)23(17-25(30)28-24)26(31)27-19(2)8-9-20-6-4-3-5-7-20/h3-7,10-11,16-19H,8-9,12-15H2,1-2H3,(H,27,31)(H,28,30)/t19-/m1/s1. The van der Waals surface area contributed by atoms with Gasteiger partial charge in [0.15, 0.2) is 0 Å². The van der Waals surface area contributed by atoms with Crippen molar-refractivity contribution < 1.29 is 13.2 Å². The fraction of sp³-hybridized carbons (Fsp3) is 0.385. The number of nitrogens with one attached hydrogen (secondary N) is 2. The Morgan fingerprint density at radius 1 is 1.12 bits per heavy atom. The first-order chi connectivity index (χ1) is 16.2. The Morgan fingerprint density at radius 2 is 1.82 bits per heavy atom. The number of sulfonamides is 1. The topological polar surface area (TPSA) is 99.3 Å². The number of fused-ring (bicyclic) bond motifs is 1. The molecule has 0 saturated carbocycles. The minimum absolute atomic E-state index is 0.121. The van der Waals surface area contributed by atoms with E-state index in [2.05, 4.69) is 17.2 Å². The van der Waals surface area contributed by atoms with E-state index in [9.17, 15) is 18.0 Å². The van der Waals surface area contributed by atoms with Crippen LogP contribution >= 0.6 is 0 Å². The Hall–Kier alpha value is -2.97. The highest BCUT2D eigenvalue weighted by Crippen LogP contribution is 2.26. The van der Waals surface area contributed by atoms with Gasteiger partial charge in [-0.2, -0.15) is 4.31 Å². The lowest BCUT2D eigenvalue weighted by atomic mass is 10.0. The largest absolute Gasteiger partial charge is 0.350 e. The summed E-state index contributed by atoms with van der Waals surface area (Å²) in [7, 11) is -3.68. The van der Waals surface area contributed by atoms with E-state index in [0.717, 1.165) is 25.7 Å². The van der Waals surface area contributed by atoms with E-state index in [1.165, 1.54) is 28.1 Å². The Bertz CT molecular complexity index is 1330. The molecule has 1 amide bonds. The molecule has 0 spiro atoms. The summed E-state index contributed by atoms with van der Waals surface area (Å²) in [5.41, 5.74) is 1.39. The molecule has 1 atom stereocenters. The number of H-pyrrole nitrogens is 1. The number of aryl methyl sites for hydroxylation is 1. The zero-order chi connectivity index (χ0) is 24.3. The van der Waals surface area contributed by atoms with E-state index in [4.69, 9.17) is 0 Å². The van der Waals surface area contributed by atoms with Crippen LogP contribution in [0.15, 0.2) is 64.3 Å². The third kappa shape index (κ3) is 5.39. The van der Waals surface area contributed by atoms with Crippen LogP contribution < -0.4 is 10.9 Å². The highest BCUT2D eigenvalue weighted by Gasteiger charge is 2.28. The van der Waals surface area contributed by atoms with Gasteiger partial charge in [0.2, 0.25) is 15.6 Å². The first-order valence-corrected chi connectivity index (χ1v) is 13.2. The number of nitrogens with zero attached hydrogens (tertiary/aromatic N) is 1. The molecule has 1 fully saturated rings. The van der Waals surface area contributed by atoms with Crippen LogP contribution in [0.2, 0.25) is 0 Å². The van der Waals surface area contributed by atoms with Crippen LogP contribution in [-0.4, -0.2) is 42.7 Å². The predicted octanol–water partition coefficient (Wildman–Crippen LogP) is 3.70. The molecule has 2 heterocycles. The van der Waals surface area contributed by atoms with Gasteiger partial charge in [-0.05, 0) is 62.3 Å². The maximum atomic E-state index is 13.2. The van der Waals surface area contributed by atoms with Crippen molar-refractivity contribution in [3.05, 3.63) is 76.1 Å². The van der Waals surface area contributed by atoms with Crippen molar-refractivity contribution in [2.24, 2.45) is 5.92 Å². The third-order valence-corrected chi connectivity index (χ3v) is 8.42. The van der Waals surface area contributed by atoms with Crippen LogP contribution in [0.5, 0.6) is 0 Å². The number of aromatic amines is 1. The normalized spacial score (nSPS) is 16.4. The molecule has 180 valence electrons. The van der Waals surface area contributed by atoms with Crippen LogP contribution in [0.25, 0.3) is 10.9 Å². The van der Waals surface area contributed by atoms with Crippen molar-refractivity contribution >= 4 is 26.8 Å². The van der Waals surface area contributed by atoms with Crippen molar-refractivity contribution in [3.8, 4) is 0 Å². The molecule has 2 N–H and O–H groups in total. The number of hydrogen-bond acceptors (Lipinski definition) is 4. The molecule has 0 aliphatic carbocycles. The summed E-state index contributed by atoms with van der Waals surface area (Å²) in [4.78, 5) is 28.1. The van der Waals surface area contributed by atoms with Crippen molar-refractivity contribution in [1.82, 2.24) is 14.6 Å². The molecule has 1 aliphatic rings. The first-order valence-electron chi connectivity index (χ1n) is 11.8. The molecular formula is C26H31N3O4S. The summed E-state index contributed by atoms with van der Waals surface area (Å²) in [5, 5.41) is 3.38. The molecule has 3 aromatic rings. The number of pyridine rings is 1. The quantitative estimate of drug-likeness (QED) is 0.537. The molecule has 2 aromatic carbocycles. The van der Waals surface area contributed by atoms with E-state index >= 15 is 0 Å². The van der Waals surface area contributed by atoms with Crippen molar-refractivity contribution in [2.45, 2.75) is 50.5 Å². The number of hydrogen-bond donors (Lipinski definition) is 2. The summed E-state index contributed by atoms with van der Waals surface area (Å²) in [5.74, 6) is 0.116. The number of rotatable bonds is 7. The molecule has 34 heavy (non-hydrogen) atoms. The van der Waals surface area contributed by atoms with Gasteiger partial charge < -0.3 is 10.3 Å². The smallest absolute Gasteiger partial charge is 0.252 e. The molecular weight excluding hydrogens is 450 g/mol. The summed E-state index contributed by atoms with van der Waals surface area (Å²) >= 11 is 0. The second-order valence-electron chi connectivity index (χ2n) is 9.24. The van der Waals surface area contributed by atoms with Gasteiger partial charge in [0.1, 0.15) is 0 Å². The third-order valence-electron chi connectivity index (χ3n) is 6.53. The molecule has 1 aromatic heterocycles. The van der Waals surface area contributed by atoms with Gasteiger partial charge in [0.25, 0.3) is 5.91 Å². The lowest BCUT2D eigenvalue weighted by molar-refractivity contribution is 0.0940. The summed E-state index contributed by atoms with van der Waals surface area (Å²) in [6.45, 7) is 5.02. The maximum absolute atomic E-state index is 13.2. The zero-order valence-electron chi connectivity index (χ0n) is 19.6. The highest BCUT2D eigenvalue weighted by atomic mass is 32.2. The van der Waals surface area contributed by atoms with Crippen LogP contribution in [0.4, 0.5) is 0 Å². The minimum atomic E-state index is -3.68. The summed E-state index contributed by atoms with van der Waals surface area (Å²) in [6.07, 6.45) is 3.21. The molecule has 8 heteroatoms. The number of carbonyl (C=O) groups is 1. The van der Waals surface area contributed by atoms with E-state index < -0.39 is 21.5 Å². The van der Waals surface area contributed by atoms with E-state index in [1.54, 1.807) is 6.07 Å². The Labute approximate surface area is 200 Å². The van der Waals surface area contributed by atoms with Crippen LogP contribution in [0.1, 0.15) is 49.0 Å². The van der Waals surface area contributed by atoms with Crippen LogP contribution in [0, 0.1) is 5.92 Å². The maximum Gasteiger partial charge on any atom is 0.252 e. The number of benzene rings is 2. The zero-order valence-corrected chi connectivity index (χ0v) is 20.4. The van der Waals surface area contributed by atoms with Crippen LogP contribution in [-0.2, 0) is 16.4 Å². The highest BCUT2D eigenvalue weighted by molar-refractivity contribution is 7.89. The SMILES string of the molecule is CC1CCN(S(=O)(=O)c2ccc3[nH]c(=O)cc(C(=O)N[C@H](C)CCc4ccccc4)c3c2)CC1. The predicted molar refractivity (Wildman–Crippen MR) is 133 cm³/mol. The molecule has 4 rings (SSSR count). The molecule has 1 aliphatic heterocycles. The Morgan fingerprint density at radius 3 is 2.53 bits per heavy atom. The molecule has 0 bridgehead atoms. The Balaban J connectivity index is 1.58. The lowest BCUT2D eigenvalue weighted by Gasteiger charge is -2.29. The molecule has 7 nitrogen and oxygen atoms in total. The number of piperidine rings is 1. The molecule has 0 radical (unpaired) electrons. The van der Waals surface area contributed by atoms with Gasteiger partial charge in [-0.3, -0.25) is 9.59 Å². The van der Waals surface area contributed by atoms with Crippen molar-refractivity contribution in [2.75, 3.05) is 13.1 Å². The van der Waals surface area contributed by atoms with Gasteiger partial charge in [-0.1, -0.05) is 37.3 Å². The number of carbonyl (C=O) groups excluding carboxylic acids is 1. The van der Waals surface area contributed by atoms with Gasteiger partial charge in [0, 0.05) is 36.1 Å². The summed E-state index contributed by atoms with van der Waals surface area (Å²) < 4.78 is 28.0. The fourth-order valence-electron chi connectivity index (χ4n) is 4.36. The monoisotopic (exact) mass is 481 g/mol. The second kappa shape index (κ2) is 10.1. The average molecular weight is 482 g/mol. The molecule has 0 unspecified atom stereocenters. The average Bonchev–Trinajstić information content (AvgIpc) is 2.82. The number of amides is 1. The first kappa shape index (κ1) is 24.2. The van der Waals surface area contributed by atoms with Gasteiger partial charge in [-0.25, -0.2) is 8.42 Å². The van der Waals surface area contributed by atoms with Crippen LogP contribution in [0.3, 0.4) is 0 Å². The minimum Gasteiger partial charge on any atom is -0.350 e. The van der Waals surface area contributed by atoms with Crippen molar-refractivity contribution in [1.29, 1.82) is 0 Å². The second-order valence-corrected chi connectivity index (χ2v) is 11.2. The van der Waals surface area contributed by atoms with Gasteiger partial charge >= 0.3 is 0 Å². The van der Waals surface area contributed by atoms with Gasteiger partial charge in [-0.15, -0.1) is 0 Å². The lowest BCUT2D eigenvalue weighted by Crippen LogP contribution is -2.37. The summed E-state index contributed by atoms with van der Waals surface area (Å²) in [6, 6.07) is 15.7. The van der Waals surface area contributed by atoms with Gasteiger partial charge in [0.05, 0.1) is 10.5 Å². The number of aromatic nitrogens is 1. The Kier molecular flexibility index (Phi) is 7.19. The fourth-order valence-corrected chi connectivity index (χ4v) is 5.85. The molecule has 1 saturated heterocycles. The van der Waals surface area contributed by atoms with E-state index in [1.807, 2.05) is 37.3 Å². The van der Waals surface area contributed by atoms with E-state index in [0.29, 0.717) is 29.9 Å². The van der Waals surface area contributed by atoms with E-state index in [-0.39, 0.29) is 16.5 Å². The van der Waals surface area contributed by atoms with Crippen molar-refractivity contribution in [3.63, 3.8) is 0 Å².